The van der Waals surface area contributed by atoms with Gasteiger partial charge in [0.25, 0.3) is 0 Å². The van der Waals surface area contributed by atoms with Gasteiger partial charge >= 0.3 is 6.03 Å². The summed E-state index contributed by atoms with van der Waals surface area (Å²) in [6, 6.07) is -0.407. The predicted octanol–water partition coefficient (Wildman–Crippen LogP) is -0.247. The molecule has 1 aliphatic rings. The molecule has 10 heavy (non-hydrogen) atoms. The lowest BCUT2D eigenvalue weighted by molar-refractivity contribution is -0.115. The molecule has 0 saturated heterocycles. The third kappa shape index (κ3) is 6.48. The van der Waals surface area contributed by atoms with E-state index in [-0.39, 0.29) is 5.91 Å². The molecule has 5 nitrogen and oxygen atoms in total. The van der Waals surface area contributed by atoms with Crippen molar-refractivity contribution in [2.75, 3.05) is 0 Å². The largest absolute Gasteiger partial charge is 0.370 e. The summed E-state index contributed by atoms with van der Waals surface area (Å²) in [7, 11) is 0. The number of aliphatic imine (C=N–C) groups is 2. The molecule has 0 atom stereocenters. The number of amides is 3. The zero-order valence-electron chi connectivity index (χ0n) is 5.44. The van der Waals surface area contributed by atoms with Gasteiger partial charge in [0.05, 0.1) is 12.4 Å². The summed E-state index contributed by atoms with van der Waals surface area (Å²) in [5, 5.41) is 0. The van der Waals surface area contributed by atoms with Gasteiger partial charge in [-0.3, -0.25) is 4.79 Å². The first kappa shape index (κ1) is 8.48. The van der Waals surface area contributed by atoms with Gasteiger partial charge in [-0.15, -0.1) is 0 Å². The second-order valence-electron chi connectivity index (χ2n) is 1.45. The Hall–Kier alpha value is -1.52. The van der Waals surface area contributed by atoms with Crippen molar-refractivity contribution >= 4 is 24.4 Å². The molecular formula is C5H7N3O2. The Morgan fingerprint density at radius 1 is 1.50 bits per heavy atom. The fraction of sp³-hybridized carbons (Fsp3) is 0.200. The molecule has 0 saturated carbocycles. The Bertz CT molecular complexity index is 177. The SMILES string of the molecule is CC(N)=O.O=C1N=CC=N1. The predicted molar refractivity (Wildman–Crippen MR) is 37.2 cm³/mol. The number of hydrogen-bond acceptors (Lipinski definition) is 2. The Balaban J connectivity index is 0.000000180. The Kier molecular flexibility index (Phi) is 3.70. The minimum absolute atomic E-state index is 0.333. The van der Waals surface area contributed by atoms with Gasteiger partial charge in [0.2, 0.25) is 5.91 Å². The van der Waals surface area contributed by atoms with E-state index in [4.69, 9.17) is 0 Å². The monoisotopic (exact) mass is 141 g/mol. The van der Waals surface area contributed by atoms with E-state index in [9.17, 15) is 9.59 Å². The van der Waals surface area contributed by atoms with Gasteiger partial charge in [-0.2, -0.15) is 9.98 Å². The van der Waals surface area contributed by atoms with Gasteiger partial charge in [-0.25, -0.2) is 4.79 Å². The average Bonchev–Trinajstić information content (AvgIpc) is 2.15. The molecule has 1 rings (SSSR count). The molecule has 0 aromatic rings. The lowest BCUT2D eigenvalue weighted by atomic mass is 10.8. The molecule has 0 bridgehead atoms. The molecule has 1 heterocycles. The van der Waals surface area contributed by atoms with Gasteiger partial charge in [-0.1, -0.05) is 0 Å². The Morgan fingerprint density at radius 3 is 1.90 bits per heavy atom. The number of carbonyl (C=O) groups is 2. The van der Waals surface area contributed by atoms with E-state index in [2.05, 4.69) is 15.7 Å². The lowest BCUT2D eigenvalue weighted by Gasteiger charge is -1.62. The summed E-state index contributed by atoms with van der Waals surface area (Å²) in [6.45, 7) is 1.31. The molecule has 5 heteroatoms. The summed E-state index contributed by atoms with van der Waals surface area (Å²) in [5.41, 5.74) is 4.47. The van der Waals surface area contributed by atoms with E-state index >= 15 is 0 Å². The van der Waals surface area contributed by atoms with Crippen LogP contribution in [-0.2, 0) is 4.79 Å². The lowest BCUT2D eigenvalue weighted by Crippen LogP contribution is -2.01. The second kappa shape index (κ2) is 4.37. The number of hydrogen-bond donors (Lipinski definition) is 1. The third-order valence-electron chi connectivity index (χ3n) is 0.437. The fourth-order valence-electron chi connectivity index (χ4n) is 0.228. The smallest absolute Gasteiger partial charge is 0.367 e. The van der Waals surface area contributed by atoms with Crippen molar-refractivity contribution < 1.29 is 9.59 Å². The van der Waals surface area contributed by atoms with Crippen LogP contribution in [0.25, 0.3) is 0 Å². The molecule has 0 unspecified atom stereocenters. The van der Waals surface area contributed by atoms with Gasteiger partial charge in [0, 0.05) is 6.92 Å². The number of nitrogens with two attached hydrogens (primary N) is 1. The first-order valence-corrected chi connectivity index (χ1v) is 2.49. The summed E-state index contributed by atoms with van der Waals surface area (Å²) >= 11 is 0. The van der Waals surface area contributed by atoms with E-state index in [0.29, 0.717) is 0 Å². The van der Waals surface area contributed by atoms with E-state index in [0.717, 1.165) is 0 Å². The zero-order chi connectivity index (χ0) is 7.98. The van der Waals surface area contributed by atoms with E-state index in [1.807, 2.05) is 0 Å². The molecule has 0 aliphatic carbocycles. The molecule has 0 spiro atoms. The number of urea groups is 1. The van der Waals surface area contributed by atoms with Crippen LogP contribution in [0.5, 0.6) is 0 Å². The summed E-state index contributed by atoms with van der Waals surface area (Å²) in [6.07, 6.45) is 2.73. The zero-order valence-corrected chi connectivity index (χ0v) is 5.44. The van der Waals surface area contributed by atoms with Crippen LogP contribution in [0.15, 0.2) is 9.98 Å². The van der Waals surface area contributed by atoms with Crippen molar-refractivity contribution in [2.24, 2.45) is 15.7 Å². The van der Waals surface area contributed by atoms with Crippen LogP contribution in [0.2, 0.25) is 0 Å². The Morgan fingerprint density at radius 2 is 1.80 bits per heavy atom. The molecule has 0 radical (unpaired) electrons. The second-order valence-corrected chi connectivity index (χ2v) is 1.45. The minimum Gasteiger partial charge on any atom is -0.370 e. The molecule has 54 valence electrons. The van der Waals surface area contributed by atoms with Crippen LogP contribution in [0, 0.1) is 0 Å². The first-order valence-electron chi connectivity index (χ1n) is 2.49. The minimum atomic E-state index is -0.407. The van der Waals surface area contributed by atoms with Crippen LogP contribution in [0.3, 0.4) is 0 Å². The van der Waals surface area contributed by atoms with E-state index in [1.165, 1.54) is 19.4 Å². The standard InChI is InChI=1S/C3H2N2O.C2H5NO/c6-3-4-1-2-5-3;1-2(3)4/h1-2H;1H3,(H2,3,4). The maximum Gasteiger partial charge on any atom is 0.367 e. The summed E-state index contributed by atoms with van der Waals surface area (Å²) < 4.78 is 0. The molecular weight excluding hydrogens is 134 g/mol. The average molecular weight is 141 g/mol. The number of rotatable bonds is 0. The highest BCUT2D eigenvalue weighted by Crippen LogP contribution is 1.81. The maximum absolute atomic E-state index is 9.85. The van der Waals surface area contributed by atoms with Gasteiger partial charge in [0.1, 0.15) is 0 Å². The van der Waals surface area contributed by atoms with Crippen LogP contribution >= 0.6 is 0 Å². The van der Waals surface area contributed by atoms with Crippen molar-refractivity contribution in [2.45, 2.75) is 6.92 Å². The van der Waals surface area contributed by atoms with Crippen molar-refractivity contribution in [1.82, 2.24) is 0 Å². The summed E-state index contributed by atoms with van der Waals surface area (Å²) in [4.78, 5) is 25.6. The topological polar surface area (TPSA) is 84.9 Å². The molecule has 0 fully saturated rings. The quantitative estimate of drug-likeness (QED) is 0.504. The summed E-state index contributed by atoms with van der Waals surface area (Å²) in [5.74, 6) is -0.333. The number of carbonyl (C=O) groups excluding carboxylic acids is 2. The highest BCUT2D eigenvalue weighted by atomic mass is 16.2. The van der Waals surface area contributed by atoms with Crippen molar-refractivity contribution in [3.8, 4) is 0 Å². The molecule has 0 aromatic heterocycles. The molecule has 3 amide bonds. The van der Waals surface area contributed by atoms with Crippen LogP contribution in [-0.4, -0.2) is 24.4 Å². The third-order valence-corrected chi connectivity index (χ3v) is 0.437. The highest BCUT2D eigenvalue weighted by molar-refractivity contribution is 6.25. The van der Waals surface area contributed by atoms with Crippen molar-refractivity contribution in [3.05, 3.63) is 0 Å². The first-order chi connectivity index (χ1) is 4.63. The van der Waals surface area contributed by atoms with Crippen molar-refractivity contribution in [3.63, 3.8) is 0 Å². The highest BCUT2D eigenvalue weighted by Gasteiger charge is 1.91. The van der Waals surface area contributed by atoms with Crippen LogP contribution in [0.1, 0.15) is 6.92 Å². The Labute approximate surface area is 57.7 Å². The molecule has 1 aliphatic heterocycles. The maximum atomic E-state index is 9.85. The number of nitrogens with zero attached hydrogens (tertiary/aromatic N) is 2. The fourth-order valence-corrected chi connectivity index (χ4v) is 0.228. The normalized spacial score (nSPS) is 12.7. The number of primary amides is 1. The van der Waals surface area contributed by atoms with E-state index in [1.54, 1.807) is 0 Å². The van der Waals surface area contributed by atoms with Gasteiger partial charge < -0.3 is 5.73 Å². The molecule has 2 N–H and O–H groups in total. The van der Waals surface area contributed by atoms with Gasteiger partial charge in [0.15, 0.2) is 0 Å². The van der Waals surface area contributed by atoms with Gasteiger partial charge in [-0.05, 0) is 0 Å². The van der Waals surface area contributed by atoms with Crippen LogP contribution in [0.4, 0.5) is 4.79 Å². The molecule has 0 aromatic carbocycles. The van der Waals surface area contributed by atoms with Crippen molar-refractivity contribution in [1.29, 1.82) is 0 Å². The van der Waals surface area contributed by atoms with Crippen LogP contribution < -0.4 is 5.73 Å². The van der Waals surface area contributed by atoms with E-state index < -0.39 is 6.03 Å².